The van der Waals surface area contributed by atoms with Gasteiger partial charge in [0.2, 0.25) is 0 Å². The van der Waals surface area contributed by atoms with Crippen molar-refractivity contribution >= 4 is 35.0 Å². The molecule has 0 heterocycles. The summed E-state index contributed by atoms with van der Waals surface area (Å²) < 4.78 is 0. The molecule has 2 bridgehead atoms. The zero-order valence-electron chi connectivity index (χ0n) is 28.4. The molecule has 3 fully saturated rings. The number of fused-ring (bicyclic) bond motifs is 2. The van der Waals surface area contributed by atoms with Gasteiger partial charge in [-0.15, -0.1) is 0 Å². The molecule has 5 aromatic carbocycles. The Hall–Kier alpha value is -3.75. The summed E-state index contributed by atoms with van der Waals surface area (Å²) in [5, 5.41) is 5.28. The molecular formula is C44H48OSi. The van der Waals surface area contributed by atoms with Crippen molar-refractivity contribution in [3.05, 3.63) is 144 Å². The number of carbonyl (C=O) groups excluding carboxylic acids is 1. The predicted molar refractivity (Wildman–Crippen MR) is 197 cm³/mol. The molecule has 1 nitrogen and oxygen atoms in total. The van der Waals surface area contributed by atoms with E-state index in [0.717, 1.165) is 36.3 Å². The molecule has 234 valence electrons. The first-order valence-electron chi connectivity index (χ1n) is 17.2. The number of hydrogen-bond donors (Lipinski definition) is 0. The van der Waals surface area contributed by atoms with Crippen LogP contribution in [0, 0.1) is 11.3 Å². The van der Waals surface area contributed by atoms with Gasteiger partial charge in [-0.05, 0) is 69.6 Å². The van der Waals surface area contributed by atoms with Crippen LogP contribution < -0.4 is 10.4 Å². The van der Waals surface area contributed by atoms with Crippen molar-refractivity contribution in [3.63, 3.8) is 0 Å². The van der Waals surface area contributed by atoms with E-state index < -0.39 is 13.5 Å². The van der Waals surface area contributed by atoms with Crippen LogP contribution in [0.15, 0.2) is 127 Å². The van der Waals surface area contributed by atoms with Gasteiger partial charge in [0.1, 0.15) is 8.07 Å². The normalized spacial score (nSPS) is 22.9. The minimum atomic E-state index is -2.52. The maximum atomic E-state index is 15.3. The summed E-state index contributed by atoms with van der Waals surface area (Å²) >= 11 is 0. The SMILES string of the molecule is CC(C)(C)c1ccc([C@@]2(C[Si](c3ccccc3)(c3ccccc3)C(C)(C)C)CC3CC2(C(=O)c2ccc4ccccc4c2)C3)cc1. The van der Waals surface area contributed by atoms with E-state index in [1.165, 1.54) is 26.9 Å². The van der Waals surface area contributed by atoms with Crippen LogP contribution in [-0.2, 0) is 10.8 Å². The van der Waals surface area contributed by atoms with E-state index in [4.69, 9.17) is 0 Å². The molecule has 0 aliphatic heterocycles. The Kier molecular flexibility index (Phi) is 7.32. The Morgan fingerprint density at radius 2 is 1.20 bits per heavy atom. The Bertz CT molecular complexity index is 1830. The molecule has 3 saturated carbocycles. The second-order valence-electron chi connectivity index (χ2n) is 16.4. The second kappa shape index (κ2) is 10.9. The third kappa shape index (κ3) is 4.67. The fraction of sp³-hybridized carbons (Fsp3) is 0.341. The van der Waals surface area contributed by atoms with Gasteiger partial charge in [-0.25, -0.2) is 0 Å². The highest BCUT2D eigenvalue weighted by Gasteiger charge is 2.72. The van der Waals surface area contributed by atoms with E-state index >= 15 is 4.79 Å². The van der Waals surface area contributed by atoms with Crippen LogP contribution in [0.3, 0.4) is 0 Å². The van der Waals surface area contributed by atoms with Crippen molar-refractivity contribution in [2.24, 2.45) is 11.3 Å². The molecule has 1 atom stereocenters. The summed E-state index contributed by atoms with van der Waals surface area (Å²) in [6.45, 7) is 14.3. The molecule has 0 saturated heterocycles. The van der Waals surface area contributed by atoms with Gasteiger partial charge in [0.05, 0.1) is 0 Å². The van der Waals surface area contributed by atoms with E-state index in [0.29, 0.717) is 11.7 Å². The number of rotatable bonds is 7. The summed E-state index contributed by atoms with van der Waals surface area (Å²) in [7, 11) is -2.52. The fourth-order valence-electron chi connectivity index (χ4n) is 9.59. The molecule has 0 radical (unpaired) electrons. The molecule has 0 unspecified atom stereocenters. The lowest BCUT2D eigenvalue weighted by molar-refractivity contribution is 0.0502. The van der Waals surface area contributed by atoms with Crippen LogP contribution in [0.5, 0.6) is 0 Å². The lowest BCUT2D eigenvalue weighted by Gasteiger charge is -2.54. The molecular weight excluding hydrogens is 573 g/mol. The lowest BCUT2D eigenvalue weighted by Crippen LogP contribution is -2.68. The number of hydrogen-bond acceptors (Lipinski definition) is 1. The van der Waals surface area contributed by atoms with Crippen LogP contribution >= 0.6 is 0 Å². The molecule has 46 heavy (non-hydrogen) atoms. The smallest absolute Gasteiger partial charge is 0.169 e. The molecule has 3 aliphatic carbocycles. The van der Waals surface area contributed by atoms with Gasteiger partial charge in [0.15, 0.2) is 5.78 Å². The highest BCUT2D eigenvalue weighted by Crippen LogP contribution is 2.73. The molecule has 8 rings (SSSR count). The van der Waals surface area contributed by atoms with Crippen molar-refractivity contribution in [3.8, 4) is 0 Å². The maximum absolute atomic E-state index is 15.3. The van der Waals surface area contributed by atoms with Crippen LogP contribution in [0.2, 0.25) is 11.1 Å². The first kappa shape index (κ1) is 30.9. The zero-order chi connectivity index (χ0) is 32.4. The van der Waals surface area contributed by atoms with Crippen molar-refractivity contribution in [2.45, 2.75) is 82.7 Å². The van der Waals surface area contributed by atoms with Gasteiger partial charge in [-0.2, -0.15) is 0 Å². The zero-order valence-corrected chi connectivity index (χ0v) is 29.4. The van der Waals surface area contributed by atoms with Gasteiger partial charge in [0.25, 0.3) is 0 Å². The summed E-state index contributed by atoms with van der Waals surface area (Å²) in [5.74, 6) is 0.926. The van der Waals surface area contributed by atoms with E-state index in [1.54, 1.807) is 0 Å². The van der Waals surface area contributed by atoms with Crippen molar-refractivity contribution in [2.75, 3.05) is 0 Å². The Balaban J connectivity index is 1.48. The van der Waals surface area contributed by atoms with Crippen molar-refractivity contribution in [1.29, 1.82) is 0 Å². The van der Waals surface area contributed by atoms with E-state index in [2.05, 4.69) is 169 Å². The van der Waals surface area contributed by atoms with Gasteiger partial charge >= 0.3 is 0 Å². The standard InChI is InChI=1S/C44H48OSi/c1-41(2,3)36-23-25-37(26-24-36)44(31-46(42(4,5)6,38-17-9-7-10-18-38)39-19-11-8-12-20-39)30-32-28-43(44,29-32)40(45)35-22-21-33-15-13-14-16-34(33)27-35/h7-27,32H,28-31H2,1-6H3/t32?,43?,44-/m0/s1. The molecule has 0 amide bonds. The number of benzene rings is 5. The molecule has 0 N–H and O–H groups in total. The van der Waals surface area contributed by atoms with Gasteiger partial charge in [-0.3, -0.25) is 4.79 Å². The van der Waals surface area contributed by atoms with Crippen molar-refractivity contribution in [1.82, 2.24) is 0 Å². The Labute approximate surface area is 277 Å². The van der Waals surface area contributed by atoms with E-state index in [9.17, 15) is 0 Å². The minimum Gasteiger partial charge on any atom is -0.294 e. The second-order valence-corrected chi connectivity index (χ2v) is 21.2. The molecule has 2 heteroatoms. The first-order chi connectivity index (χ1) is 21.9. The quantitative estimate of drug-likeness (QED) is 0.131. The predicted octanol–water partition coefficient (Wildman–Crippen LogP) is 10.1. The van der Waals surface area contributed by atoms with Crippen molar-refractivity contribution < 1.29 is 4.79 Å². The van der Waals surface area contributed by atoms with E-state index in [-0.39, 0.29) is 15.9 Å². The van der Waals surface area contributed by atoms with E-state index in [1.807, 2.05) is 0 Å². The molecule has 5 aromatic rings. The highest BCUT2D eigenvalue weighted by molar-refractivity contribution is 7.04. The summed E-state index contributed by atoms with van der Waals surface area (Å²) in [4.78, 5) is 15.3. The number of ketones is 1. The van der Waals surface area contributed by atoms with Gasteiger partial charge in [-0.1, -0.05) is 173 Å². The van der Waals surface area contributed by atoms with Crippen LogP contribution in [-0.4, -0.2) is 13.9 Å². The highest BCUT2D eigenvalue weighted by atomic mass is 28.3. The average molecular weight is 621 g/mol. The van der Waals surface area contributed by atoms with Crippen LogP contribution in [0.25, 0.3) is 10.8 Å². The largest absolute Gasteiger partial charge is 0.294 e. The minimum absolute atomic E-state index is 0.00816. The fourth-order valence-corrected chi connectivity index (χ4v) is 15.7. The summed E-state index contributed by atoms with van der Waals surface area (Å²) in [6.07, 6.45) is 3.04. The van der Waals surface area contributed by atoms with Gasteiger partial charge in [0, 0.05) is 16.4 Å². The third-order valence-electron chi connectivity index (χ3n) is 12.0. The first-order valence-corrected chi connectivity index (χ1v) is 19.4. The van der Waals surface area contributed by atoms with Crippen LogP contribution in [0.4, 0.5) is 0 Å². The summed E-state index contributed by atoms with van der Waals surface area (Å²) in [6, 6.07) is 48.1. The third-order valence-corrected chi connectivity index (χ3v) is 18.3. The number of carbonyl (C=O) groups is 1. The molecule has 0 aromatic heterocycles. The van der Waals surface area contributed by atoms with Gasteiger partial charge < -0.3 is 0 Å². The molecule has 3 aliphatic rings. The average Bonchev–Trinajstić information content (AvgIpc) is 3.54. The molecule has 0 spiro atoms. The monoisotopic (exact) mass is 620 g/mol. The topological polar surface area (TPSA) is 17.1 Å². The summed E-state index contributed by atoms with van der Waals surface area (Å²) in [5.41, 5.74) is 2.97. The lowest BCUT2D eigenvalue weighted by atomic mass is 9.55. The van der Waals surface area contributed by atoms with Crippen LogP contribution in [0.1, 0.15) is 82.3 Å². The maximum Gasteiger partial charge on any atom is 0.169 e. The Morgan fingerprint density at radius 1 is 0.652 bits per heavy atom. The number of Topliss-reactive ketones (excluding diaryl/α,β-unsaturated/α-hetero) is 1. The Morgan fingerprint density at radius 3 is 1.74 bits per heavy atom.